The van der Waals surface area contributed by atoms with Crippen LogP contribution in [0, 0.1) is 5.92 Å². The monoisotopic (exact) mass is 372 g/mol. The molecule has 1 aromatic carbocycles. The number of amides is 2. The van der Waals surface area contributed by atoms with E-state index in [1.54, 1.807) is 11.0 Å². The Morgan fingerprint density at radius 1 is 1.37 bits per heavy atom. The predicted molar refractivity (Wildman–Crippen MR) is 104 cm³/mol. The first kappa shape index (κ1) is 20.7. The van der Waals surface area contributed by atoms with Gasteiger partial charge in [0.2, 0.25) is 5.91 Å². The molecule has 6 nitrogen and oxygen atoms in total. The average molecular weight is 372 g/mol. The minimum atomic E-state index is -0.908. The molecule has 1 fully saturated rings. The Labute approximate surface area is 160 Å². The zero-order chi connectivity index (χ0) is 20.0. The van der Waals surface area contributed by atoms with Gasteiger partial charge in [0.05, 0.1) is 5.92 Å². The highest BCUT2D eigenvalue weighted by molar-refractivity contribution is 6.00. The lowest BCUT2D eigenvalue weighted by atomic mass is 9.96. The van der Waals surface area contributed by atoms with E-state index in [4.69, 9.17) is 4.74 Å². The minimum absolute atomic E-state index is 0.0919. The van der Waals surface area contributed by atoms with E-state index in [9.17, 15) is 14.4 Å². The second-order valence-corrected chi connectivity index (χ2v) is 6.89. The van der Waals surface area contributed by atoms with Gasteiger partial charge in [0.25, 0.3) is 5.91 Å². The van der Waals surface area contributed by atoms with Crippen LogP contribution in [0.2, 0.25) is 0 Å². The molecule has 3 atom stereocenters. The van der Waals surface area contributed by atoms with Crippen molar-refractivity contribution in [3.05, 3.63) is 42.5 Å². The van der Waals surface area contributed by atoms with Gasteiger partial charge in [-0.15, -0.1) is 6.58 Å². The number of nitrogens with one attached hydrogen (secondary N) is 1. The number of carbonyl (C=O) groups is 3. The molecule has 0 saturated carbocycles. The SMILES string of the molecule is C=CCNC(=O)[C@H](C)OC(=O)[C@H]1CC(=O)N(c2ccccc2[C@@H](C)CC)C1. The van der Waals surface area contributed by atoms with Crippen molar-refractivity contribution < 1.29 is 19.1 Å². The standard InChI is InChI=1S/C21H28N2O4/c1-5-11-22-20(25)15(4)27-21(26)16-12-19(24)23(13-16)18-10-8-7-9-17(18)14(3)6-2/h5,7-10,14-16H,1,6,11-13H2,2-4H3,(H,22,25)/t14-,15-,16-/m0/s1. The fourth-order valence-electron chi connectivity index (χ4n) is 3.11. The second kappa shape index (κ2) is 9.35. The van der Waals surface area contributed by atoms with Crippen molar-refractivity contribution in [2.75, 3.05) is 18.0 Å². The van der Waals surface area contributed by atoms with Crippen LogP contribution in [-0.4, -0.2) is 37.0 Å². The number of anilines is 1. The van der Waals surface area contributed by atoms with Crippen LogP contribution < -0.4 is 10.2 Å². The van der Waals surface area contributed by atoms with Gasteiger partial charge in [-0.2, -0.15) is 0 Å². The molecule has 27 heavy (non-hydrogen) atoms. The van der Waals surface area contributed by atoms with Gasteiger partial charge >= 0.3 is 5.97 Å². The van der Waals surface area contributed by atoms with E-state index < -0.39 is 18.0 Å². The fraction of sp³-hybridized carbons (Fsp3) is 0.476. The van der Waals surface area contributed by atoms with Crippen molar-refractivity contribution in [1.82, 2.24) is 5.32 Å². The van der Waals surface area contributed by atoms with Crippen LogP contribution in [0.15, 0.2) is 36.9 Å². The summed E-state index contributed by atoms with van der Waals surface area (Å²) in [5.74, 6) is -1.26. The molecule has 0 unspecified atom stereocenters. The molecule has 2 rings (SSSR count). The highest BCUT2D eigenvalue weighted by Crippen LogP contribution is 2.33. The molecule has 0 radical (unpaired) electrons. The van der Waals surface area contributed by atoms with E-state index in [1.165, 1.54) is 6.92 Å². The third-order valence-electron chi connectivity index (χ3n) is 4.91. The molecule has 0 spiro atoms. The minimum Gasteiger partial charge on any atom is -0.452 e. The molecule has 6 heteroatoms. The van der Waals surface area contributed by atoms with E-state index in [-0.39, 0.29) is 24.8 Å². The average Bonchev–Trinajstić information content (AvgIpc) is 3.06. The maximum absolute atomic E-state index is 12.5. The van der Waals surface area contributed by atoms with E-state index in [1.807, 2.05) is 24.3 Å². The number of nitrogens with zero attached hydrogens (tertiary/aromatic N) is 1. The molecule has 146 valence electrons. The third-order valence-corrected chi connectivity index (χ3v) is 4.91. The molecular weight excluding hydrogens is 344 g/mol. The number of esters is 1. The maximum atomic E-state index is 12.5. The quantitative estimate of drug-likeness (QED) is 0.562. The summed E-state index contributed by atoms with van der Waals surface area (Å²) in [5.41, 5.74) is 1.95. The first-order valence-corrected chi connectivity index (χ1v) is 9.37. The van der Waals surface area contributed by atoms with E-state index >= 15 is 0 Å². The van der Waals surface area contributed by atoms with Crippen molar-refractivity contribution in [3.63, 3.8) is 0 Å². The Morgan fingerprint density at radius 3 is 2.74 bits per heavy atom. The van der Waals surface area contributed by atoms with Crippen molar-refractivity contribution in [3.8, 4) is 0 Å². The summed E-state index contributed by atoms with van der Waals surface area (Å²) >= 11 is 0. The molecule has 1 aliphatic heterocycles. The van der Waals surface area contributed by atoms with Crippen LogP contribution in [0.3, 0.4) is 0 Å². The largest absolute Gasteiger partial charge is 0.452 e. The first-order valence-electron chi connectivity index (χ1n) is 9.37. The lowest BCUT2D eigenvalue weighted by Gasteiger charge is -2.23. The summed E-state index contributed by atoms with van der Waals surface area (Å²) in [7, 11) is 0. The van der Waals surface area contributed by atoms with Gasteiger partial charge in [0.1, 0.15) is 0 Å². The summed E-state index contributed by atoms with van der Waals surface area (Å²) in [5, 5.41) is 2.59. The lowest BCUT2D eigenvalue weighted by Crippen LogP contribution is -2.37. The highest BCUT2D eigenvalue weighted by atomic mass is 16.5. The number of para-hydroxylation sites is 1. The van der Waals surface area contributed by atoms with Crippen molar-refractivity contribution in [2.24, 2.45) is 5.92 Å². The molecule has 1 heterocycles. The van der Waals surface area contributed by atoms with Gasteiger partial charge in [-0.1, -0.05) is 38.1 Å². The topological polar surface area (TPSA) is 75.7 Å². The number of hydrogen-bond acceptors (Lipinski definition) is 4. The predicted octanol–water partition coefficient (Wildman–Crippen LogP) is 2.79. The van der Waals surface area contributed by atoms with Crippen LogP contribution in [-0.2, 0) is 19.1 Å². The van der Waals surface area contributed by atoms with Gasteiger partial charge < -0.3 is 15.0 Å². The zero-order valence-electron chi connectivity index (χ0n) is 16.2. The number of benzene rings is 1. The van der Waals surface area contributed by atoms with Crippen molar-refractivity contribution in [2.45, 2.75) is 45.6 Å². The maximum Gasteiger partial charge on any atom is 0.312 e. The van der Waals surface area contributed by atoms with E-state index in [0.717, 1.165) is 17.7 Å². The summed E-state index contributed by atoms with van der Waals surface area (Å²) < 4.78 is 5.26. The normalized spacial score (nSPS) is 18.7. The van der Waals surface area contributed by atoms with Crippen LogP contribution in [0.5, 0.6) is 0 Å². The van der Waals surface area contributed by atoms with Crippen LogP contribution in [0.25, 0.3) is 0 Å². The fourth-order valence-corrected chi connectivity index (χ4v) is 3.11. The molecule has 0 bridgehead atoms. The molecular formula is C21H28N2O4. The Kier molecular flexibility index (Phi) is 7.16. The molecule has 0 aliphatic carbocycles. The Bertz CT molecular complexity index is 716. The summed E-state index contributed by atoms with van der Waals surface area (Å²) in [6.07, 6.45) is 1.69. The van der Waals surface area contributed by atoms with Crippen molar-refractivity contribution >= 4 is 23.5 Å². The van der Waals surface area contributed by atoms with Gasteiger partial charge in [0, 0.05) is 25.2 Å². The van der Waals surface area contributed by atoms with Gasteiger partial charge in [-0.05, 0) is 30.9 Å². The van der Waals surface area contributed by atoms with Gasteiger partial charge in [-0.3, -0.25) is 14.4 Å². The van der Waals surface area contributed by atoms with Crippen LogP contribution in [0.4, 0.5) is 5.69 Å². The summed E-state index contributed by atoms with van der Waals surface area (Å²) in [6, 6.07) is 7.79. The van der Waals surface area contributed by atoms with Crippen molar-refractivity contribution in [1.29, 1.82) is 0 Å². The molecule has 1 aliphatic rings. The lowest BCUT2D eigenvalue weighted by molar-refractivity contribution is -0.158. The number of carbonyl (C=O) groups excluding carboxylic acids is 3. The molecule has 2 amide bonds. The number of rotatable bonds is 8. The zero-order valence-corrected chi connectivity index (χ0v) is 16.2. The molecule has 0 aromatic heterocycles. The second-order valence-electron chi connectivity index (χ2n) is 6.89. The summed E-state index contributed by atoms with van der Waals surface area (Å²) in [6.45, 7) is 9.84. The first-order chi connectivity index (χ1) is 12.9. The van der Waals surface area contributed by atoms with E-state index in [0.29, 0.717) is 12.5 Å². The number of hydrogen-bond donors (Lipinski definition) is 1. The van der Waals surface area contributed by atoms with Crippen LogP contribution >= 0.6 is 0 Å². The molecule has 1 N–H and O–H groups in total. The number of ether oxygens (including phenoxy) is 1. The molecule has 1 saturated heterocycles. The Hall–Kier alpha value is -2.63. The highest BCUT2D eigenvalue weighted by Gasteiger charge is 2.38. The van der Waals surface area contributed by atoms with Gasteiger partial charge in [-0.25, -0.2) is 0 Å². The summed E-state index contributed by atoms with van der Waals surface area (Å²) in [4.78, 5) is 38.5. The smallest absolute Gasteiger partial charge is 0.312 e. The third kappa shape index (κ3) is 4.96. The Balaban J connectivity index is 2.06. The molecule has 1 aromatic rings. The Morgan fingerprint density at radius 2 is 2.07 bits per heavy atom. The van der Waals surface area contributed by atoms with Crippen LogP contribution in [0.1, 0.15) is 45.1 Å². The van der Waals surface area contributed by atoms with Gasteiger partial charge in [0.15, 0.2) is 6.10 Å². The van der Waals surface area contributed by atoms with E-state index in [2.05, 4.69) is 25.7 Å².